The molecule has 3 aromatic carbocycles. The summed E-state index contributed by atoms with van der Waals surface area (Å²) in [5.41, 5.74) is 8.93. The second kappa shape index (κ2) is 8.18. The Morgan fingerprint density at radius 2 is 1.71 bits per heavy atom. The lowest BCUT2D eigenvalue weighted by atomic mass is 10.1. The number of hydrogen-bond donors (Lipinski definition) is 2. The van der Waals surface area contributed by atoms with E-state index in [9.17, 15) is 14.9 Å². The molecule has 0 aliphatic carbocycles. The number of carbonyl (C=O) groups is 2. The molecule has 0 saturated carbocycles. The van der Waals surface area contributed by atoms with Crippen LogP contribution in [-0.4, -0.2) is 23.1 Å². The second-order valence-electron chi connectivity index (χ2n) is 6.87. The van der Waals surface area contributed by atoms with E-state index in [0.717, 1.165) is 16.6 Å². The predicted octanol–water partition coefficient (Wildman–Crippen LogP) is 1.89. The predicted molar refractivity (Wildman–Crippen MR) is 113 cm³/mol. The van der Waals surface area contributed by atoms with Crippen molar-refractivity contribution >= 4 is 33.7 Å². The average molecular weight is 415 g/mol. The summed E-state index contributed by atoms with van der Waals surface area (Å²) in [6, 6.07) is 20.2. The molecule has 1 heterocycles. The Labute approximate surface area is 177 Å². The summed E-state index contributed by atoms with van der Waals surface area (Å²) in [6.45, 7) is 0.0710. The van der Waals surface area contributed by atoms with Crippen molar-refractivity contribution in [2.75, 3.05) is 6.61 Å². The van der Waals surface area contributed by atoms with Crippen molar-refractivity contribution in [3.8, 4) is 11.8 Å². The van der Waals surface area contributed by atoms with Crippen molar-refractivity contribution < 1.29 is 25.1 Å². The highest BCUT2D eigenvalue weighted by Gasteiger charge is 2.20. The van der Waals surface area contributed by atoms with Crippen molar-refractivity contribution in [1.82, 2.24) is 4.57 Å². The molecule has 5 N–H and O–H groups in total. The molecule has 0 aliphatic heterocycles. The van der Waals surface area contributed by atoms with Crippen LogP contribution in [0.15, 0.2) is 60.7 Å². The molecule has 154 valence electrons. The summed E-state index contributed by atoms with van der Waals surface area (Å²) in [5.74, 6) is 2.30. The van der Waals surface area contributed by atoms with Gasteiger partial charge in [0.05, 0.1) is 28.1 Å². The van der Waals surface area contributed by atoms with E-state index in [4.69, 9.17) is 10.5 Å². The first-order valence-corrected chi connectivity index (χ1v) is 9.44. The maximum atomic E-state index is 12.2. The molecule has 0 aliphatic rings. The first kappa shape index (κ1) is 19.9. The third kappa shape index (κ3) is 3.54. The summed E-state index contributed by atoms with van der Waals surface area (Å²) >= 11 is 0. The molecule has 1 aromatic heterocycles. The topological polar surface area (TPSA) is 135 Å². The van der Waals surface area contributed by atoms with Crippen molar-refractivity contribution in [3.05, 3.63) is 77.4 Å². The quantitative estimate of drug-likeness (QED) is 0.464. The average Bonchev–Trinajstić information content (AvgIpc) is 3.12. The molecular formula is C23H19N4O4+. The summed E-state index contributed by atoms with van der Waals surface area (Å²) in [7, 11) is 0. The zero-order chi connectivity index (χ0) is 22.0. The molecule has 0 fully saturated rings. The van der Waals surface area contributed by atoms with Crippen molar-refractivity contribution in [2.24, 2.45) is 5.73 Å². The van der Waals surface area contributed by atoms with Gasteiger partial charge in [0.15, 0.2) is 6.61 Å². The zero-order valence-electron chi connectivity index (χ0n) is 16.5. The van der Waals surface area contributed by atoms with Gasteiger partial charge >= 0.3 is 5.97 Å². The van der Waals surface area contributed by atoms with Gasteiger partial charge in [-0.3, -0.25) is 9.63 Å². The second-order valence-corrected chi connectivity index (χ2v) is 6.87. The number of primary amides is 1. The van der Waals surface area contributed by atoms with E-state index in [2.05, 4.69) is 16.8 Å². The van der Waals surface area contributed by atoms with E-state index in [1.54, 1.807) is 30.3 Å². The molecule has 0 saturated heterocycles. The highest BCUT2D eigenvalue weighted by molar-refractivity contribution is 6.19. The van der Waals surface area contributed by atoms with Crippen LogP contribution in [0.4, 0.5) is 0 Å². The third-order valence-electron chi connectivity index (χ3n) is 5.12. The van der Waals surface area contributed by atoms with Crippen LogP contribution in [0, 0.1) is 11.3 Å². The number of hydrogen-bond acceptors (Lipinski definition) is 5. The number of fused-ring (bicyclic) bond motifs is 3. The number of amides is 1. The SMILES string of the molecule is N#Cc1ccccc1Cn1c2cccc(OCC(=O)O[NH3+])c2c2c(C(N)=O)cccc21. The van der Waals surface area contributed by atoms with E-state index in [1.807, 2.05) is 34.9 Å². The summed E-state index contributed by atoms with van der Waals surface area (Å²) in [5, 5.41) is 10.8. The van der Waals surface area contributed by atoms with Gasteiger partial charge in [-0.15, -0.1) is 0 Å². The van der Waals surface area contributed by atoms with E-state index in [0.29, 0.717) is 34.2 Å². The van der Waals surface area contributed by atoms with Crippen molar-refractivity contribution in [2.45, 2.75) is 6.54 Å². The van der Waals surface area contributed by atoms with Crippen LogP contribution in [0.2, 0.25) is 0 Å². The molecule has 0 unspecified atom stereocenters. The Morgan fingerprint density at radius 1 is 1.00 bits per heavy atom. The van der Waals surface area contributed by atoms with Crippen molar-refractivity contribution in [1.29, 1.82) is 5.26 Å². The highest BCUT2D eigenvalue weighted by Crippen LogP contribution is 2.38. The molecule has 4 rings (SSSR count). The normalized spacial score (nSPS) is 10.7. The molecule has 31 heavy (non-hydrogen) atoms. The molecule has 1 amide bonds. The molecule has 0 spiro atoms. The number of rotatable bonds is 6. The van der Waals surface area contributed by atoms with Crippen LogP contribution in [-0.2, 0) is 16.2 Å². The van der Waals surface area contributed by atoms with E-state index in [-0.39, 0.29) is 6.61 Å². The lowest BCUT2D eigenvalue weighted by Crippen LogP contribution is -2.52. The Hall–Kier alpha value is -4.35. The first-order chi connectivity index (χ1) is 15.0. The minimum absolute atomic E-state index is 0.328. The van der Waals surface area contributed by atoms with E-state index >= 15 is 0 Å². The van der Waals surface area contributed by atoms with Gasteiger partial charge in [0.2, 0.25) is 5.91 Å². The Balaban J connectivity index is 2.00. The molecule has 8 nitrogen and oxygen atoms in total. The fourth-order valence-electron chi connectivity index (χ4n) is 3.77. The van der Waals surface area contributed by atoms with Gasteiger partial charge < -0.3 is 15.0 Å². The van der Waals surface area contributed by atoms with Crippen LogP contribution in [0.5, 0.6) is 5.75 Å². The van der Waals surface area contributed by atoms with Crippen LogP contribution >= 0.6 is 0 Å². The smallest absolute Gasteiger partial charge is 0.403 e. The van der Waals surface area contributed by atoms with E-state index < -0.39 is 11.9 Å². The fraction of sp³-hybridized carbons (Fsp3) is 0.0870. The van der Waals surface area contributed by atoms with E-state index in [1.165, 1.54) is 0 Å². The Kier molecular flexibility index (Phi) is 5.26. The summed E-state index contributed by atoms with van der Waals surface area (Å²) in [6.07, 6.45) is 0. The highest BCUT2D eigenvalue weighted by atomic mass is 16.7. The van der Waals surface area contributed by atoms with Gasteiger partial charge in [-0.25, -0.2) is 4.79 Å². The summed E-state index contributed by atoms with van der Waals surface area (Å²) < 4.78 is 7.69. The number of aromatic nitrogens is 1. The molecule has 4 aromatic rings. The van der Waals surface area contributed by atoms with Gasteiger partial charge in [0, 0.05) is 17.5 Å². The number of nitrogens with zero attached hydrogens (tertiary/aromatic N) is 2. The van der Waals surface area contributed by atoms with Crippen LogP contribution in [0.1, 0.15) is 21.5 Å². The Bertz CT molecular complexity index is 1370. The number of nitrogens with two attached hydrogens (primary N) is 1. The molecule has 0 bridgehead atoms. The first-order valence-electron chi connectivity index (χ1n) is 9.44. The summed E-state index contributed by atoms with van der Waals surface area (Å²) in [4.78, 5) is 28.2. The number of quaternary nitrogens is 1. The van der Waals surface area contributed by atoms with Crippen molar-refractivity contribution in [3.63, 3.8) is 0 Å². The maximum Gasteiger partial charge on any atom is 0.403 e. The molecule has 8 heteroatoms. The van der Waals surface area contributed by atoms with Crippen LogP contribution < -0.4 is 16.4 Å². The molecule has 0 radical (unpaired) electrons. The molecule has 0 atom stereocenters. The minimum atomic E-state index is -0.626. The van der Waals surface area contributed by atoms with Gasteiger partial charge in [-0.2, -0.15) is 11.2 Å². The third-order valence-corrected chi connectivity index (χ3v) is 5.12. The number of ether oxygens (including phenoxy) is 1. The lowest BCUT2D eigenvalue weighted by Gasteiger charge is -2.10. The van der Waals surface area contributed by atoms with Crippen LogP contribution in [0.25, 0.3) is 21.8 Å². The van der Waals surface area contributed by atoms with Crippen LogP contribution in [0.3, 0.4) is 0 Å². The number of benzene rings is 3. The maximum absolute atomic E-state index is 12.2. The van der Waals surface area contributed by atoms with Gasteiger partial charge in [-0.05, 0) is 35.9 Å². The minimum Gasteiger partial charge on any atom is -0.481 e. The Morgan fingerprint density at radius 3 is 2.42 bits per heavy atom. The largest absolute Gasteiger partial charge is 0.481 e. The number of carbonyl (C=O) groups excluding carboxylic acids is 2. The monoisotopic (exact) mass is 415 g/mol. The standard InChI is InChI=1S/C23H18N4O4/c24-11-14-5-1-2-6-15(14)12-27-17-8-3-7-16(23(25)29)21(17)22-18(27)9-4-10-19(22)30-13-20(28)31-26/h1-10H,12-13H2,26H3,(H-,25,29)/p+1. The van der Waals surface area contributed by atoms with Gasteiger partial charge in [0.1, 0.15) is 5.75 Å². The number of nitriles is 1. The fourth-order valence-corrected chi connectivity index (χ4v) is 3.77. The van der Waals surface area contributed by atoms with Gasteiger partial charge in [0.25, 0.3) is 0 Å². The van der Waals surface area contributed by atoms with Gasteiger partial charge in [-0.1, -0.05) is 30.3 Å². The zero-order valence-corrected chi connectivity index (χ0v) is 16.5. The molecular weight excluding hydrogens is 396 g/mol. The lowest BCUT2D eigenvalue weighted by molar-refractivity contribution is -0.657.